The predicted molar refractivity (Wildman–Crippen MR) is 77.6 cm³/mol. The second-order valence-corrected chi connectivity index (χ2v) is 5.26. The number of rotatable bonds is 3. The zero-order chi connectivity index (χ0) is 13.1. The first-order valence-corrected chi connectivity index (χ1v) is 6.68. The summed E-state index contributed by atoms with van der Waals surface area (Å²) >= 11 is 9.53. The van der Waals surface area contributed by atoms with E-state index in [0.717, 1.165) is 26.3 Å². The third-order valence-corrected chi connectivity index (χ3v) is 3.92. The Balaban J connectivity index is 2.14. The standard InChI is InChI=1S/C14H12BrClFN/c1-9-3-2-4-13(14(9)16)18-8-10-5-6-11(17)7-12(10)15/h2-7,18H,8H2,1H3. The molecule has 0 aliphatic heterocycles. The maximum Gasteiger partial charge on any atom is 0.124 e. The van der Waals surface area contributed by atoms with Crippen molar-refractivity contribution in [1.29, 1.82) is 0 Å². The van der Waals surface area contributed by atoms with Gasteiger partial charge in [0, 0.05) is 11.0 Å². The summed E-state index contributed by atoms with van der Waals surface area (Å²) < 4.78 is 13.7. The van der Waals surface area contributed by atoms with E-state index in [1.165, 1.54) is 12.1 Å². The normalized spacial score (nSPS) is 10.4. The first kappa shape index (κ1) is 13.4. The maximum atomic E-state index is 13.0. The van der Waals surface area contributed by atoms with E-state index in [9.17, 15) is 4.39 Å². The summed E-state index contributed by atoms with van der Waals surface area (Å²) in [5, 5.41) is 3.96. The molecule has 0 unspecified atom stereocenters. The highest BCUT2D eigenvalue weighted by Gasteiger charge is 2.04. The smallest absolute Gasteiger partial charge is 0.124 e. The van der Waals surface area contributed by atoms with Crippen LogP contribution in [0.25, 0.3) is 0 Å². The third-order valence-electron chi connectivity index (χ3n) is 2.68. The molecule has 18 heavy (non-hydrogen) atoms. The van der Waals surface area contributed by atoms with E-state index < -0.39 is 0 Å². The molecule has 0 heterocycles. The fourth-order valence-corrected chi connectivity index (χ4v) is 2.32. The van der Waals surface area contributed by atoms with E-state index in [0.29, 0.717) is 6.54 Å². The van der Waals surface area contributed by atoms with Crippen molar-refractivity contribution in [3.63, 3.8) is 0 Å². The van der Waals surface area contributed by atoms with Crippen LogP contribution in [0.5, 0.6) is 0 Å². The van der Waals surface area contributed by atoms with E-state index in [-0.39, 0.29) is 5.82 Å². The van der Waals surface area contributed by atoms with E-state index in [4.69, 9.17) is 11.6 Å². The predicted octanol–water partition coefficient (Wildman–Crippen LogP) is 5.16. The highest BCUT2D eigenvalue weighted by atomic mass is 79.9. The van der Waals surface area contributed by atoms with Crippen molar-refractivity contribution in [3.05, 3.63) is 62.8 Å². The summed E-state index contributed by atoms with van der Waals surface area (Å²) in [4.78, 5) is 0. The SMILES string of the molecule is Cc1cccc(NCc2ccc(F)cc2Br)c1Cl. The third kappa shape index (κ3) is 3.03. The van der Waals surface area contributed by atoms with Crippen LogP contribution in [0.4, 0.5) is 10.1 Å². The number of nitrogens with one attached hydrogen (secondary N) is 1. The highest BCUT2D eigenvalue weighted by molar-refractivity contribution is 9.10. The molecule has 2 aromatic rings. The van der Waals surface area contributed by atoms with Crippen LogP contribution in [0.1, 0.15) is 11.1 Å². The molecule has 0 saturated carbocycles. The Morgan fingerprint density at radius 2 is 2.06 bits per heavy atom. The minimum Gasteiger partial charge on any atom is -0.380 e. The Bertz CT molecular complexity index is 572. The van der Waals surface area contributed by atoms with Crippen molar-refractivity contribution in [2.24, 2.45) is 0 Å². The van der Waals surface area contributed by atoms with Crippen molar-refractivity contribution in [2.75, 3.05) is 5.32 Å². The van der Waals surface area contributed by atoms with Crippen molar-refractivity contribution in [2.45, 2.75) is 13.5 Å². The van der Waals surface area contributed by atoms with E-state index in [1.54, 1.807) is 6.07 Å². The van der Waals surface area contributed by atoms with Crippen molar-refractivity contribution in [1.82, 2.24) is 0 Å². The number of hydrogen-bond donors (Lipinski definition) is 1. The lowest BCUT2D eigenvalue weighted by Gasteiger charge is -2.11. The molecule has 0 aromatic heterocycles. The fourth-order valence-electron chi connectivity index (χ4n) is 1.64. The van der Waals surface area contributed by atoms with Gasteiger partial charge in [-0.25, -0.2) is 4.39 Å². The highest BCUT2D eigenvalue weighted by Crippen LogP contribution is 2.26. The van der Waals surface area contributed by atoms with Crippen molar-refractivity contribution >= 4 is 33.2 Å². The number of anilines is 1. The minimum atomic E-state index is -0.251. The van der Waals surface area contributed by atoms with Gasteiger partial charge in [0.1, 0.15) is 5.82 Å². The monoisotopic (exact) mass is 327 g/mol. The van der Waals surface area contributed by atoms with Crippen LogP contribution in [-0.4, -0.2) is 0 Å². The first-order valence-electron chi connectivity index (χ1n) is 5.51. The molecule has 0 aliphatic carbocycles. The van der Waals surface area contributed by atoms with Gasteiger partial charge in [0.25, 0.3) is 0 Å². The molecule has 0 atom stereocenters. The van der Waals surface area contributed by atoms with Gasteiger partial charge < -0.3 is 5.32 Å². The molecule has 0 radical (unpaired) electrons. The lowest BCUT2D eigenvalue weighted by Crippen LogP contribution is -2.01. The molecule has 0 bridgehead atoms. The summed E-state index contributed by atoms with van der Waals surface area (Å²) in [6.07, 6.45) is 0. The second-order valence-electron chi connectivity index (χ2n) is 4.03. The van der Waals surface area contributed by atoms with Gasteiger partial charge in [-0.3, -0.25) is 0 Å². The number of benzene rings is 2. The van der Waals surface area contributed by atoms with Crippen LogP contribution in [0.15, 0.2) is 40.9 Å². The van der Waals surface area contributed by atoms with Crippen LogP contribution in [0, 0.1) is 12.7 Å². The topological polar surface area (TPSA) is 12.0 Å². The summed E-state index contributed by atoms with van der Waals surface area (Å²) in [6.45, 7) is 2.55. The van der Waals surface area contributed by atoms with Crippen molar-refractivity contribution < 1.29 is 4.39 Å². The molecule has 2 rings (SSSR count). The molecule has 0 amide bonds. The number of aryl methyl sites for hydroxylation is 1. The van der Waals surface area contributed by atoms with Crippen LogP contribution >= 0.6 is 27.5 Å². The molecule has 1 nitrogen and oxygen atoms in total. The van der Waals surface area contributed by atoms with Crippen LogP contribution in [-0.2, 0) is 6.54 Å². The van der Waals surface area contributed by atoms with Gasteiger partial charge in [-0.15, -0.1) is 0 Å². The van der Waals surface area contributed by atoms with Gasteiger partial charge >= 0.3 is 0 Å². The average molecular weight is 329 g/mol. The van der Waals surface area contributed by atoms with Gasteiger partial charge in [0.15, 0.2) is 0 Å². The lowest BCUT2D eigenvalue weighted by molar-refractivity contribution is 0.626. The van der Waals surface area contributed by atoms with Gasteiger partial charge in [-0.1, -0.05) is 45.7 Å². The Morgan fingerprint density at radius 1 is 1.28 bits per heavy atom. The largest absolute Gasteiger partial charge is 0.380 e. The minimum absolute atomic E-state index is 0.251. The first-order chi connectivity index (χ1) is 8.58. The summed E-state index contributed by atoms with van der Waals surface area (Å²) in [7, 11) is 0. The summed E-state index contributed by atoms with van der Waals surface area (Å²) in [5.41, 5.74) is 2.89. The molecular formula is C14H12BrClFN. The molecule has 0 spiro atoms. The van der Waals surface area contributed by atoms with Crippen molar-refractivity contribution in [3.8, 4) is 0 Å². The molecule has 0 saturated heterocycles. The van der Waals surface area contributed by atoms with Gasteiger partial charge in [-0.05, 0) is 36.2 Å². The fraction of sp³-hybridized carbons (Fsp3) is 0.143. The zero-order valence-electron chi connectivity index (χ0n) is 9.81. The van der Waals surface area contributed by atoms with Crippen LogP contribution in [0.2, 0.25) is 5.02 Å². The lowest BCUT2D eigenvalue weighted by atomic mass is 10.2. The Labute approximate surface area is 119 Å². The van der Waals surface area contributed by atoms with Gasteiger partial charge in [0.2, 0.25) is 0 Å². The zero-order valence-corrected chi connectivity index (χ0v) is 12.1. The molecule has 0 aliphatic rings. The van der Waals surface area contributed by atoms with E-state index >= 15 is 0 Å². The summed E-state index contributed by atoms with van der Waals surface area (Å²) in [5.74, 6) is -0.251. The molecule has 1 N–H and O–H groups in total. The van der Waals surface area contributed by atoms with E-state index in [2.05, 4.69) is 21.2 Å². The van der Waals surface area contributed by atoms with E-state index in [1.807, 2.05) is 25.1 Å². The Hall–Kier alpha value is -1.06. The molecule has 2 aromatic carbocycles. The second kappa shape index (κ2) is 5.72. The van der Waals surface area contributed by atoms with Gasteiger partial charge in [-0.2, -0.15) is 0 Å². The molecule has 0 fully saturated rings. The van der Waals surface area contributed by atoms with Crippen LogP contribution < -0.4 is 5.32 Å². The molecular weight excluding hydrogens is 317 g/mol. The molecule has 94 valence electrons. The Morgan fingerprint density at radius 3 is 2.78 bits per heavy atom. The van der Waals surface area contributed by atoms with Gasteiger partial charge in [0.05, 0.1) is 10.7 Å². The molecule has 4 heteroatoms. The maximum absolute atomic E-state index is 13.0. The Kier molecular flexibility index (Phi) is 4.25. The quantitative estimate of drug-likeness (QED) is 0.820. The van der Waals surface area contributed by atoms with Crippen LogP contribution in [0.3, 0.4) is 0 Å². The number of hydrogen-bond acceptors (Lipinski definition) is 1. The number of halogens is 3. The summed E-state index contributed by atoms with van der Waals surface area (Å²) in [6, 6.07) is 10.5. The average Bonchev–Trinajstić information content (AvgIpc) is 2.33.